The van der Waals surface area contributed by atoms with Crippen molar-refractivity contribution in [1.29, 1.82) is 0 Å². The van der Waals surface area contributed by atoms with E-state index in [1.165, 1.54) is 5.56 Å². The Morgan fingerprint density at radius 2 is 2.09 bits per heavy atom. The maximum Gasteiger partial charge on any atom is 0.409 e. The molecule has 22 heavy (non-hydrogen) atoms. The molecule has 120 valence electrons. The number of rotatable bonds is 4. The maximum absolute atomic E-state index is 11.7. The Morgan fingerprint density at radius 3 is 2.86 bits per heavy atom. The number of ether oxygens (including phenoxy) is 3. The number of nitrogens with two attached hydrogens (primary N) is 1. The average molecular weight is 307 g/mol. The molecule has 1 amide bonds. The van der Waals surface area contributed by atoms with Crippen molar-refractivity contribution in [2.45, 2.75) is 32.4 Å². The second kappa shape index (κ2) is 6.87. The molecule has 2 heterocycles. The lowest BCUT2D eigenvalue weighted by Gasteiger charge is -2.29. The van der Waals surface area contributed by atoms with Crippen LogP contribution in [0.2, 0.25) is 0 Å². The van der Waals surface area contributed by atoms with Gasteiger partial charge in [-0.1, -0.05) is 0 Å². The lowest BCUT2D eigenvalue weighted by Crippen LogP contribution is -2.89. The van der Waals surface area contributed by atoms with Crippen molar-refractivity contribution in [2.75, 3.05) is 26.5 Å². The monoisotopic (exact) mass is 307 g/mol. The van der Waals surface area contributed by atoms with Gasteiger partial charge >= 0.3 is 6.09 Å². The van der Waals surface area contributed by atoms with Gasteiger partial charge in [-0.05, 0) is 25.1 Å². The van der Waals surface area contributed by atoms with Crippen LogP contribution in [0.15, 0.2) is 18.2 Å². The van der Waals surface area contributed by atoms with E-state index in [4.69, 9.17) is 14.2 Å². The maximum atomic E-state index is 11.7. The zero-order chi connectivity index (χ0) is 15.4. The molecule has 3 rings (SSSR count). The number of nitrogens with zero attached hydrogens (tertiary/aromatic N) is 1. The summed E-state index contributed by atoms with van der Waals surface area (Å²) in [6.07, 6.45) is 1.82. The molecule has 1 aromatic rings. The minimum absolute atomic E-state index is 0.184. The summed E-state index contributed by atoms with van der Waals surface area (Å²) in [7, 11) is 0. The van der Waals surface area contributed by atoms with Crippen LogP contribution in [0.1, 0.15) is 25.3 Å². The highest BCUT2D eigenvalue weighted by molar-refractivity contribution is 5.67. The summed E-state index contributed by atoms with van der Waals surface area (Å²) < 4.78 is 15.8. The van der Waals surface area contributed by atoms with Crippen LogP contribution in [0.25, 0.3) is 0 Å². The Hall–Kier alpha value is -1.95. The van der Waals surface area contributed by atoms with Gasteiger partial charge < -0.3 is 24.4 Å². The van der Waals surface area contributed by atoms with Gasteiger partial charge in [-0.3, -0.25) is 0 Å². The van der Waals surface area contributed by atoms with Crippen molar-refractivity contribution in [3.05, 3.63) is 23.8 Å². The van der Waals surface area contributed by atoms with Crippen LogP contribution in [-0.4, -0.2) is 43.5 Å². The highest BCUT2D eigenvalue weighted by atomic mass is 16.7. The highest BCUT2D eigenvalue weighted by Gasteiger charge is 2.25. The molecule has 2 aliphatic heterocycles. The molecule has 2 N–H and O–H groups in total. The first-order valence-corrected chi connectivity index (χ1v) is 7.90. The van der Waals surface area contributed by atoms with Crippen molar-refractivity contribution in [3.63, 3.8) is 0 Å². The molecule has 0 aromatic heterocycles. The zero-order valence-corrected chi connectivity index (χ0v) is 12.9. The Bertz CT molecular complexity index is 527. The first kappa shape index (κ1) is 15.0. The minimum atomic E-state index is -0.184. The molecular weight excluding hydrogens is 284 g/mol. The Labute approximate surface area is 130 Å². The number of hydrogen-bond acceptors (Lipinski definition) is 4. The van der Waals surface area contributed by atoms with Gasteiger partial charge in [-0.25, -0.2) is 4.79 Å². The van der Waals surface area contributed by atoms with Gasteiger partial charge in [0.15, 0.2) is 11.5 Å². The summed E-state index contributed by atoms with van der Waals surface area (Å²) in [5.74, 6) is 1.66. The normalized spacial score (nSPS) is 17.6. The van der Waals surface area contributed by atoms with Gasteiger partial charge in [0.05, 0.1) is 12.6 Å². The number of fused-ring (bicyclic) bond motifs is 1. The average Bonchev–Trinajstić information content (AvgIpc) is 3.01. The van der Waals surface area contributed by atoms with Gasteiger partial charge in [0, 0.05) is 31.5 Å². The smallest absolute Gasteiger partial charge is 0.409 e. The molecule has 0 spiro atoms. The lowest BCUT2D eigenvalue weighted by atomic mass is 10.0. The third-order valence-electron chi connectivity index (χ3n) is 4.19. The van der Waals surface area contributed by atoms with Crippen LogP contribution in [-0.2, 0) is 11.3 Å². The Morgan fingerprint density at radius 1 is 1.32 bits per heavy atom. The number of piperidine rings is 1. The number of quaternary nitrogens is 1. The first-order chi connectivity index (χ1) is 10.8. The number of carbonyl (C=O) groups is 1. The topological polar surface area (TPSA) is 64.6 Å². The fraction of sp³-hybridized carbons (Fsp3) is 0.562. The summed E-state index contributed by atoms with van der Waals surface area (Å²) in [5, 5.41) is 2.35. The van der Waals surface area contributed by atoms with Crippen LogP contribution >= 0.6 is 0 Å². The number of benzene rings is 1. The SMILES string of the molecule is CCOC(=O)N1CCC([NH2+]Cc2ccc3c(c2)OCO3)CC1. The van der Waals surface area contributed by atoms with Gasteiger partial charge in [0.1, 0.15) is 6.54 Å². The molecule has 1 saturated heterocycles. The Kier molecular flexibility index (Phi) is 4.68. The first-order valence-electron chi connectivity index (χ1n) is 7.90. The van der Waals surface area contributed by atoms with Crippen LogP contribution in [0, 0.1) is 0 Å². The molecule has 0 bridgehead atoms. The molecule has 1 aromatic carbocycles. The zero-order valence-electron chi connectivity index (χ0n) is 12.9. The van der Waals surface area contributed by atoms with Gasteiger partial charge in [0.25, 0.3) is 0 Å². The lowest BCUT2D eigenvalue weighted by molar-refractivity contribution is -0.706. The van der Waals surface area contributed by atoms with Crippen LogP contribution in [0.3, 0.4) is 0 Å². The van der Waals surface area contributed by atoms with Crippen LogP contribution in [0.4, 0.5) is 4.79 Å². The third-order valence-corrected chi connectivity index (χ3v) is 4.19. The molecule has 2 aliphatic rings. The number of carbonyl (C=O) groups excluding carboxylic acids is 1. The van der Waals surface area contributed by atoms with E-state index in [0.29, 0.717) is 19.4 Å². The van der Waals surface area contributed by atoms with E-state index in [0.717, 1.165) is 44.0 Å². The molecule has 6 nitrogen and oxygen atoms in total. The van der Waals surface area contributed by atoms with Crippen LogP contribution in [0.5, 0.6) is 11.5 Å². The number of hydrogen-bond donors (Lipinski definition) is 1. The summed E-state index contributed by atoms with van der Waals surface area (Å²) in [4.78, 5) is 13.5. The van der Waals surface area contributed by atoms with E-state index < -0.39 is 0 Å². The van der Waals surface area contributed by atoms with Crippen molar-refractivity contribution >= 4 is 6.09 Å². The summed E-state index contributed by atoms with van der Waals surface area (Å²) >= 11 is 0. The van der Waals surface area contributed by atoms with Gasteiger partial charge in [0.2, 0.25) is 6.79 Å². The standard InChI is InChI=1S/C16H22N2O4/c1-2-20-16(19)18-7-5-13(6-8-18)17-10-12-3-4-14-15(9-12)22-11-21-14/h3-4,9,13,17H,2,5-8,10-11H2,1H3/p+1. The molecule has 0 aliphatic carbocycles. The fourth-order valence-electron chi connectivity index (χ4n) is 2.90. The second-order valence-corrected chi connectivity index (χ2v) is 5.65. The van der Waals surface area contributed by atoms with Crippen molar-refractivity contribution < 1.29 is 24.3 Å². The van der Waals surface area contributed by atoms with E-state index >= 15 is 0 Å². The van der Waals surface area contributed by atoms with Crippen LogP contribution < -0.4 is 14.8 Å². The molecule has 0 atom stereocenters. The van der Waals surface area contributed by atoms with E-state index in [1.807, 2.05) is 19.1 Å². The summed E-state index contributed by atoms with van der Waals surface area (Å²) in [6.45, 7) is 5.07. The molecule has 1 fully saturated rings. The molecule has 0 saturated carbocycles. The van der Waals surface area contributed by atoms with Crippen molar-refractivity contribution in [3.8, 4) is 11.5 Å². The van der Waals surface area contributed by atoms with E-state index in [9.17, 15) is 4.79 Å². The quantitative estimate of drug-likeness (QED) is 0.905. The van der Waals surface area contributed by atoms with Crippen molar-refractivity contribution in [1.82, 2.24) is 4.90 Å². The summed E-state index contributed by atoms with van der Waals surface area (Å²) in [6, 6.07) is 6.65. The largest absolute Gasteiger partial charge is 0.454 e. The van der Waals surface area contributed by atoms with E-state index in [2.05, 4.69) is 11.4 Å². The van der Waals surface area contributed by atoms with E-state index in [-0.39, 0.29) is 6.09 Å². The number of likely N-dealkylation sites (tertiary alicyclic amines) is 1. The minimum Gasteiger partial charge on any atom is -0.454 e. The van der Waals surface area contributed by atoms with Gasteiger partial charge in [-0.2, -0.15) is 0 Å². The number of amides is 1. The van der Waals surface area contributed by atoms with Gasteiger partial charge in [-0.15, -0.1) is 0 Å². The van der Waals surface area contributed by atoms with Crippen molar-refractivity contribution in [2.24, 2.45) is 0 Å². The Balaban J connectivity index is 1.44. The fourth-order valence-corrected chi connectivity index (χ4v) is 2.90. The highest BCUT2D eigenvalue weighted by Crippen LogP contribution is 2.32. The predicted octanol–water partition coefficient (Wildman–Crippen LogP) is 1.10. The summed E-state index contributed by atoms with van der Waals surface area (Å²) in [5.41, 5.74) is 1.23. The second-order valence-electron chi connectivity index (χ2n) is 5.65. The molecular formula is C16H23N2O4+. The molecule has 0 radical (unpaired) electrons. The molecule has 0 unspecified atom stereocenters. The van der Waals surface area contributed by atoms with E-state index in [1.54, 1.807) is 4.90 Å². The third kappa shape index (κ3) is 3.44. The molecule has 6 heteroatoms. The predicted molar refractivity (Wildman–Crippen MR) is 79.8 cm³/mol.